The fourth-order valence-electron chi connectivity index (χ4n) is 3.66. The quantitative estimate of drug-likeness (QED) is 0.687. The van der Waals surface area contributed by atoms with Crippen LogP contribution in [0.3, 0.4) is 0 Å². The summed E-state index contributed by atoms with van der Waals surface area (Å²) in [6.45, 7) is 8.88. The van der Waals surface area contributed by atoms with E-state index in [2.05, 4.69) is 20.8 Å². The first kappa shape index (κ1) is 11.1. The van der Waals surface area contributed by atoms with Crippen molar-refractivity contribution >= 4 is 0 Å². The summed E-state index contributed by atoms with van der Waals surface area (Å²) in [6, 6.07) is 1.74. The Hall–Kier alpha value is -1.05. The van der Waals surface area contributed by atoms with Gasteiger partial charge in [0, 0.05) is 6.07 Å². The minimum atomic E-state index is -0.187. The summed E-state index contributed by atoms with van der Waals surface area (Å²) in [5.74, 6) is 1.58. The average molecular weight is 232 g/mol. The number of hydrogen-bond donors (Lipinski definition) is 0. The molecule has 1 fully saturated rings. The molecule has 3 rings (SSSR count). The van der Waals surface area contributed by atoms with Crippen LogP contribution < -0.4 is 5.63 Å². The van der Waals surface area contributed by atoms with Gasteiger partial charge < -0.3 is 4.42 Å². The minimum Gasteiger partial charge on any atom is -0.428 e. The third-order valence-corrected chi connectivity index (χ3v) is 4.75. The summed E-state index contributed by atoms with van der Waals surface area (Å²) in [5, 5.41) is 0. The molecule has 1 saturated carbocycles. The van der Waals surface area contributed by atoms with E-state index >= 15 is 0 Å². The zero-order valence-electron chi connectivity index (χ0n) is 11.1. The number of hydrogen-bond acceptors (Lipinski definition) is 2. The van der Waals surface area contributed by atoms with E-state index in [4.69, 9.17) is 4.42 Å². The van der Waals surface area contributed by atoms with Crippen molar-refractivity contribution in [1.82, 2.24) is 0 Å². The van der Waals surface area contributed by atoms with E-state index in [0.717, 1.165) is 18.1 Å². The van der Waals surface area contributed by atoms with Crippen LogP contribution >= 0.6 is 0 Å². The first-order valence-corrected chi connectivity index (χ1v) is 6.46. The second kappa shape index (κ2) is 3.04. The topological polar surface area (TPSA) is 30.2 Å². The molecule has 2 nitrogen and oxygen atoms in total. The summed E-state index contributed by atoms with van der Waals surface area (Å²) >= 11 is 0. The molecule has 1 aromatic heterocycles. The van der Waals surface area contributed by atoms with Crippen molar-refractivity contribution in [2.75, 3.05) is 0 Å². The predicted octanol–water partition coefficient (Wildman–Crippen LogP) is 3.20. The largest absolute Gasteiger partial charge is 0.428 e. The Labute approximate surface area is 102 Å². The van der Waals surface area contributed by atoms with Crippen molar-refractivity contribution in [3.63, 3.8) is 0 Å². The maximum absolute atomic E-state index is 11.6. The van der Waals surface area contributed by atoms with Gasteiger partial charge in [-0.25, -0.2) is 4.79 Å². The molecular weight excluding hydrogens is 212 g/mol. The van der Waals surface area contributed by atoms with E-state index in [9.17, 15) is 4.79 Å². The van der Waals surface area contributed by atoms with Crippen LogP contribution in [0.1, 0.15) is 50.5 Å². The van der Waals surface area contributed by atoms with Gasteiger partial charge in [-0.2, -0.15) is 0 Å². The summed E-state index contributed by atoms with van der Waals surface area (Å²) in [4.78, 5) is 11.6. The number of aryl methyl sites for hydroxylation is 1. The fraction of sp³-hybridized carbons (Fsp3) is 0.667. The Kier molecular flexibility index (Phi) is 1.98. The van der Waals surface area contributed by atoms with Gasteiger partial charge in [-0.15, -0.1) is 0 Å². The fourth-order valence-corrected chi connectivity index (χ4v) is 3.66. The summed E-state index contributed by atoms with van der Waals surface area (Å²) in [6.07, 6.45) is 3.52. The van der Waals surface area contributed by atoms with Gasteiger partial charge in [0.25, 0.3) is 0 Å². The molecule has 2 atom stereocenters. The second-order valence-corrected chi connectivity index (χ2v) is 6.88. The molecule has 0 radical (unpaired) electrons. The molecule has 0 bridgehead atoms. The molecule has 1 heterocycles. The lowest BCUT2D eigenvalue weighted by molar-refractivity contribution is 0.309. The van der Waals surface area contributed by atoms with Crippen LogP contribution in [0.2, 0.25) is 0 Å². The van der Waals surface area contributed by atoms with Gasteiger partial charge >= 0.3 is 5.63 Å². The molecule has 0 amide bonds. The van der Waals surface area contributed by atoms with Crippen molar-refractivity contribution in [1.29, 1.82) is 0 Å². The van der Waals surface area contributed by atoms with Gasteiger partial charge in [-0.3, -0.25) is 0 Å². The molecule has 0 spiro atoms. The Balaban J connectivity index is 2.24. The molecule has 2 aliphatic rings. The Morgan fingerprint density at radius 2 is 2.00 bits per heavy atom. The average Bonchev–Trinajstić information content (AvgIpc) is 2.81. The number of rotatable bonds is 0. The molecule has 0 saturated heterocycles. The van der Waals surface area contributed by atoms with Crippen LogP contribution in [0.4, 0.5) is 0 Å². The maximum atomic E-state index is 11.6. The highest BCUT2D eigenvalue weighted by atomic mass is 16.4. The van der Waals surface area contributed by atoms with Crippen LogP contribution in [0, 0.1) is 18.3 Å². The maximum Gasteiger partial charge on any atom is 0.336 e. The summed E-state index contributed by atoms with van der Waals surface area (Å²) in [5.41, 5.74) is 2.93. The third kappa shape index (κ3) is 1.57. The van der Waals surface area contributed by atoms with Crippen LogP contribution in [0.15, 0.2) is 15.3 Å². The predicted molar refractivity (Wildman–Crippen MR) is 67.3 cm³/mol. The SMILES string of the molecule is Cc1oc(=O)cc2c1CC(C)(C)C[C@H]1C[C@]21C. The van der Waals surface area contributed by atoms with E-state index in [1.165, 1.54) is 24.0 Å². The molecule has 0 aliphatic heterocycles. The molecule has 0 aromatic carbocycles. The zero-order chi connectivity index (χ0) is 12.4. The van der Waals surface area contributed by atoms with Crippen LogP contribution in [0.25, 0.3) is 0 Å². The summed E-state index contributed by atoms with van der Waals surface area (Å²) < 4.78 is 5.28. The van der Waals surface area contributed by atoms with E-state index in [-0.39, 0.29) is 11.0 Å². The van der Waals surface area contributed by atoms with E-state index in [1.54, 1.807) is 6.07 Å². The third-order valence-electron chi connectivity index (χ3n) is 4.75. The second-order valence-electron chi connectivity index (χ2n) is 6.88. The molecule has 92 valence electrons. The van der Waals surface area contributed by atoms with Gasteiger partial charge in [0.1, 0.15) is 5.76 Å². The highest BCUT2D eigenvalue weighted by Crippen LogP contribution is 2.61. The first-order valence-electron chi connectivity index (χ1n) is 6.46. The monoisotopic (exact) mass is 232 g/mol. The molecule has 0 N–H and O–H groups in total. The molecular formula is C15H20O2. The van der Waals surface area contributed by atoms with Crippen molar-refractivity contribution < 1.29 is 4.42 Å². The van der Waals surface area contributed by atoms with E-state index < -0.39 is 0 Å². The molecule has 2 heteroatoms. The van der Waals surface area contributed by atoms with Crippen LogP contribution in [-0.2, 0) is 11.8 Å². The standard InChI is InChI=1S/C15H20O2/c1-9-11-8-14(2,3)6-10-7-15(10,4)12(11)5-13(16)17-9/h5,10H,6-8H2,1-4H3/t10-,15-/m0/s1. The minimum absolute atomic E-state index is 0.187. The highest BCUT2D eigenvalue weighted by Gasteiger charge is 2.55. The van der Waals surface area contributed by atoms with E-state index in [1.807, 2.05) is 6.92 Å². The molecule has 1 aromatic rings. The van der Waals surface area contributed by atoms with Crippen LogP contribution in [-0.4, -0.2) is 0 Å². The van der Waals surface area contributed by atoms with Gasteiger partial charge in [0.15, 0.2) is 0 Å². The van der Waals surface area contributed by atoms with Crippen molar-refractivity contribution in [2.45, 2.75) is 52.4 Å². The first-order chi connectivity index (χ1) is 7.82. The Morgan fingerprint density at radius 3 is 2.71 bits per heavy atom. The van der Waals surface area contributed by atoms with E-state index in [0.29, 0.717) is 5.41 Å². The van der Waals surface area contributed by atoms with Crippen molar-refractivity contribution in [2.24, 2.45) is 11.3 Å². The molecule has 0 unspecified atom stereocenters. The summed E-state index contributed by atoms with van der Waals surface area (Å²) in [7, 11) is 0. The van der Waals surface area contributed by atoms with Gasteiger partial charge in [-0.1, -0.05) is 20.8 Å². The Morgan fingerprint density at radius 1 is 1.29 bits per heavy atom. The normalized spacial score (nSPS) is 33.5. The smallest absolute Gasteiger partial charge is 0.336 e. The lowest BCUT2D eigenvalue weighted by Crippen LogP contribution is -2.17. The highest BCUT2D eigenvalue weighted by molar-refractivity contribution is 5.42. The molecule has 2 aliphatic carbocycles. The zero-order valence-corrected chi connectivity index (χ0v) is 11.1. The van der Waals surface area contributed by atoms with Gasteiger partial charge in [-0.05, 0) is 54.1 Å². The van der Waals surface area contributed by atoms with Gasteiger partial charge in [0.05, 0.1) is 0 Å². The Bertz CT molecular complexity index is 538. The van der Waals surface area contributed by atoms with Gasteiger partial charge in [0.2, 0.25) is 0 Å². The van der Waals surface area contributed by atoms with Crippen molar-refractivity contribution in [3.8, 4) is 0 Å². The van der Waals surface area contributed by atoms with Crippen molar-refractivity contribution in [3.05, 3.63) is 33.4 Å². The van der Waals surface area contributed by atoms with Crippen LogP contribution in [0.5, 0.6) is 0 Å². The number of fused-ring (bicyclic) bond motifs is 3. The molecule has 17 heavy (non-hydrogen) atoms. The lowest BCUT2D eigenvalue weighted by atomic mass is 9.81. The lowest BCUT2D eigenvalue weighted by Gasteiger charge is -2.24.